The predicted molar refractivity (Wildman–Crippen MR) is 137 cm³/mol. The maximum absolute atomic E-state index is 13.7. The van der Waals surface area contributed by atoms with E-state index in [4.69, 9.17) is 60.6 Å². The predicted octanol–water partition coefficient (Wildman–Crippen LogP) is 5.79. The molecule has 0 bridgehead atoms. The van der Waals surface area contributed by atoms with Gasteiger partial charge in [-0.2, -0.15) is 0 Å². The Morgan fingerprint density at radius 1 is 0.784 bits per heavy atom. The van der Waals surface area contributed by atoms with E-state index < -0.39 is 29.8 Å². The highest BCUT2D eigenvalue weighted by Gasteiger charge is 2.58. The number of ether oxygens (including phenoxy) is 3. The second-order valence-corrected chi connectivity index (χ2v) is 9.91. The van der Waals surface area contributed by atoms with Gasteiger partial charge in [-0.3, -0.25) is 19.3 Å². The lowest BCUT2D eigenvalue weighted by Gasteiger charge is -2.49. The Morgan fingerprint density at radius 2 is 1.43 bits per heavy atom. The fraction of sp³-hybridized carbons (Fsp3) is 0.160. The van der Waals surface area contributed by atoms with Crippen LogP contribution < -0.4 is 19.1 Å². The van der Waals surface area contributed by atoms with Crippen LogP contribution in [-0.2, 0) is 4.79 Å². The van der Waals surface area contributed by atoms with Gasteiger partial charge in [-0.25, -0.2) is 0 Å². The minimum absolute atomic E-state index is 0.0579. The monoisotopic (exact) mass is 578 g/mol. The summed E-state index contributed by atoms with van der Waals surface area (Å²) in [5.74, 6) is -0.521. The third kappa shape index (κ3) is 3.40. The van der Waals surface area contributed by atoms with Crippen LogP contribution in [-0.4, -0.2) is 42.6 Å². The van der Waals surface area contributed by atoms with E-state index in [1.54, 1.807) is 42.5 Å². The van der Waals surface area contributed by atoms with Crippen molar-refractivity contribution in [3.05, 3.63) is 79.2 Å². The number of anilines is 1. The second kappa shape index (κ2) is 8.70. The van der Waals surface area contributed by atoms with Gasteiger partial charge < -0.3 is 19.1 Å². The highest BCUT2D eigenvalue weighted by molar-refractivity contribution is 6.55. The Labute approximate surface area is 230 Å². The van der Waals surface area contributed by atoms with Crippen LogP contribution in [0.25, 0.3) is 0 Å². The Bertz CT molecular complexity index is 1500. The lowest BCUT2D eigenvalue weighted by molar-refractivity contribution is -0.130. The minimum atomic E-state index is -1.20. The number of carbonyl (C=O) groups is 3. The lowest BCUT2D eigenvalue weighted by atomic mass is 9.86. The zero-order valence-corrected chi connectivity index (χ0v) is 21.8. The van der Waals surface area contributed by atoms with Gasteiger partial charge in [0.05, 0.1) is 44.4 Å². The molecule has 1 fully saturated rings. The number of methoxy groups -OCH3 is 1. The molecule has 12 heteroatoms. The van der Waals surface area contributed by atoms with Gasteiger partial charge in [-0.1, -0.05) is 58.5 Å². The molecule has 0 unspecified atom stereocenters. The molecule has 0 N–H and O–H groups in total. The quantitative estimate of drug-likeness (QED) is 0.168. The van der Waals surface area contributed by atoms with Crippen LogP contribution in [0.5, 0.6) is 17.2 Å². The molecule has 0 aliphatic carbocycles. The largest absolute Gasteiger partial charge is 0.497 e. The summed E-state index contributed by atoms with van der Waals surface area (Å²) in [6, 6.07) is 10.1. The first kappa shape index (κ1) is 24.2. The number of halogens is 4. The van der Waals surface area contributed by atoms with Crippen molar-refractivity contribution in [1.29, 1.82) is 0 Å². The van der Waals surface area contributed by atoms with Crippen LogP contribution in [0.4, 0.5) is 5.69 Å². The summed E-state index contributed by atoms with van der Waals surface area (Å²) in [7, 11) is 1.51. The molecule has 3 aliphatic heterocycles. The minimum Gasteiger partial charge on any atom is -0.497 e. The first-order valence-electron chi connectivity index (χ1n) is 10.8. The summed E-state index contributed by atoms with van der Waals surface area (Å²) in [4.78, 5) is 43.1. The van der Waals surface area contributed by atoms with Crippen LogP contribution >= 0.6 is 46.4 Å². The first-order chi connectivity index (χ1) is 17.7. The fourth-order valence-corrected chi connectivity index (χ4v) is 5.84. The molecule has 3 aromatic carbocycles. The average Bonchev–Trinajstić information content (AvgIpc) is 3.47. The highest BCUT2D eigenvalue weighted by Crippen LogP contribution is 2.50. The molecule has 2 atom stereocenters. The van der Waals surface area contributed by atoms with Crippen molar-refractivity contribution in [2.24, 2.45) is 0 Å². The second-order valence-electron chi connectivity index (χ2n) is 8.40. The molecule has 8 nitrogen and oxygen atoms in total. The number of fused-ring (bicyclic) bond motifs is 2. The van der Waals surface area contributed by atoms with Crippen molar-refractivity contribution in [2.75, 3.05) is 18.8 Å². The van der Waals surface area contributed by atoms with Crippen molar-refractivity contribution in [2.45, 2.75) is 12.1 Å². The third-order valence-corrected chi connectivity index (χ3v) is 8.35. The highest BCUT2D eigenvalue weighted by atomic mass is 35.5. The molecule has 3 aromatic rings. The van der Waals surface area contributed by atoms with E-state index in [-0.39, 0.29) is 38.0 Å². The van der Waals surface area contributed by atoms with E-state index in [9.17, 15) is 14.4 Å². The van der Waals surface area contributed by atoms with Gasteiger partial charge in [0.15, 0.2) is 11.5 Å². The molecule has 188 valence electrons. The van der Waals surface area contributed by atoms with E-state index in [1.807, 2.05) is 0 Å². The van der Waals surface area contributed by atoms with E-state index in [2.05, 4.69) is 0 Å². The summed E-state index contributed by atoms with van der Waals surface area (Å²) in [5.41, 5.74) is 0.745. The van der Waals surface area contributed by atoms with E-state index in [0.29, 0.717) is 28.5 Å². The molecule has 6 rings (SSSR count). The maximum atomic E-state index is 13.7. The number of hydrogen-bond acceptors (Lipinski definition) is 6. The number of nitrogens with zero attached hydrogens (tertiary/aromatic N) is 2. The van der Waals surface area contributed by atoms with Gasteiger partial charge in [0.1, 0.15) is 11.8 Å². The summed E-state index contributed by atoms with van der Waals surface area (Å²) < 4.78 is 16.2. The van der Waals surface area contributed by atoms with E-state index in [1.165, 1.54) is 12.0 Å². The first-order valence-corrected chi connectivity index (χ1v) is 12.4. The van der Waals surface area contributed by atoms with Crippen LogP contribution in [0.1, 0.15) is 32.3 Å². The van der Waals surface area contributed by atoms with Gasteiger partial charge in [-0.15, -0.1) is 0 Å². The van der Waals surface area contributed by atoms with Crippen molar-refractivity contribution in [3.63, 3.8) is 0 Å². The topological polar surface area (TPSA) is 85.4 Å². The van der Waals surface area contributed by atoms with E-state index in [0.717, 1.165) is 4.90 Å². The maximum Gasteiger partial charge on any atom is 0.264 e. The van der Waals surface area contributed by atoms with Gasteiger partial charge in [0, 0.05) is 11.8 Å². The normalized spacial score (nSPS) is 19.9. The number of rotatable bonds is 4. The Kier molecular flexibility index (Phi) is 5.69. The van der Waals surface area contributed by atoms with Crippen molar-refractivity contribution in [3.8, 4) is 17.2 Å². The summed E-state index contributed by atoms with van der Waals surface area (Å²) in [6.07, 6.45) is 0. The third-order valence-electron chi connectivity index (χ3n) is 6.55. The zero-order valence-electron chi connectivity index (χ0n) is 18.8. The van der Waals surface area contributed by atoms with Crippen molar-refractivity contribution < 1.29 is 28.6 Å². The van der Waals surface area contributed by atoms with Crippen molar-refractivity contribution >= 4 is 69.8 Å². The zero-order chi connectivity index (χ0) is 26.2. The van der Waals surface area contributed by atoms with Crippen LogP contribution in [0, 0.1) is 0 Å². The van der Waals surface area contributed by atoms with Crippen LogP contribution in [0.15, 0.2) is 42.5 Å². The summed E-state index contributed by atoms with van der Waals surface area (Å²) in [5, 5.41) is -0.716. The molecule has 3 heterocycles. The van der Waals surface area contributed by atoms with Gasteiger partial charge in [0.25, 0.3) is 17.7 Å². The number of benzene rings is 3. The van der Waals surface area contributed by atoms with Gasteiger partial charge in [0.2, 0.25) is 6.79 Å². The number of amides is 3. The average molecular weight is 580 g/mol. The van der Waals surface area contributed by atoms with Crippen LogP contribution in [0.2, 0.25) is 20.1 Å². The Hall–Kier alpha value is -3.17. The molecule has 37 heavy (non-hydrogen) atoms. The lowest BCUT2D eigenvalue weighted by Crippen LogP contribution is -2.67. The molecule has 0 saturated carbocycles. The molecule has 0 spiro atoms. The fourth-order valence-electron chi connectivity index (χ4n) is 4.82. The molecular weight excluding hydrogens is 566 g/mol. The molecule has 0 aromatic heterocycles. The smallest absolute Gasteiger partial charge is 0.264 e. The molecule has 3 amide bonds. The van der Waals surface area contributed by atoms with Crippen LogP contribution in [0.3, 0.4) is 0 Å². The molecule has 0 radical (unpaired) electrons. The Balaban J connectivity index is 1.48. The number of β-lactam (4-membered cyclic amide) rings is 1. The Morgan fingerprint density at radius 3 is 2.08 bits per heavy atom. The number of imide groups is 1. The van der Waals surface area contributed by atoms with Gasteiger partial charge >= 0.3 is 0 Å². The molecular formula is C25H14Cl4N2O6. The number of carbonyl (C=O) groups excluding carboxylic acids is 3. The number of hydrogen-bond donors (Lipinski definition) is 0. The standard InChI is InChI=1S/C25H14Cl4N2O6/c1-35-12-4-2-3-11(8-12)30-21(10-5-6-13-14(7-10)37-9-36-13)22(25(30)34)31-23(32)15-16(24(31)33)18(27)20(29)19(28)17(15)26/h2-8,21-22H,9H2,1H3/t21-,22+/m1/s1. The molecule has 3 aliphatic rings. The van der Waals surface area contributed by atoms with Gasteiger partial charge in [-0.05, 0) is 29.8 Å². The summed E-state index contributed by atoms with van der Waals surface area (Å²) >= 11 is 24.9. The summed E-state index contributed by atoms with van der Waals surface area (Å²) in [6.45, 7) is 0.0579. The SMILES string of the molecule is COc1cccc(N2C(=O)[C@@H](N3C(=O)c4c(Cl)c(Cl)c(Cl)c(Cl)c4C3=O)[C@H]2c2ccc3c(c2)OCO3)c1. The molecule has 1 saturated heterocycles. The van der Waals surface area contributed by atoms with E-state index >= 15 is 0 Å². The van der Waals surface area contributed by atoms with Crippen molar-refractivity contribution in [1.82, 2.24) is 4.90 Å².